The maximum Gasteiger partial charge on any atom is 0.416 e. The van der Waals surface area contributed by atoms with Crippen molar-refractivity contribution in [2.75, 3.05) is 6.61 Å². The molecule has 3 nitrogen and oxygen atoms in total. The molecule has 18 heavy (non-hydrogen) atoms. The molecular formula is C12H13F3O3. The molecule has 0 aliphatic heterocycles. The number of ether oxygens (including phenoxy) is 1. The van der Waals surface area contributed by atoms with Crippen molar-refractivity contribution in [2.24, 2.45) is 0 Å². The molecule has 0 bridgehead atoms. The Balaban J connectivity index is 3.02. The van der Waals surface area contributed by atoms with Gasteiger partial charge in [-0.2, -0.15) is 13.2 Å². The van der Waals surface area contributed by atoms with Crippen molar-refractivity contribution in [3.05, 3.63) is 35.4 Å². The molecule has 0 aliphatic carbocycles. The number of hydrogen-bond acceptors (Lipinski definition) is 2. The molecule has 6 heteroatoms. The van der Waals surface area contributed by atoms with Gasteiger partial charge in [0.1, 0.15) is 0 Å². The van der Waals surface area contributed by atoms with Gasteiger partial charge < -0.3 is 9.84 Å². The molecule has 0 amide bonds. The van der Waals surface area contributed by atoms with Crippen molar-refractivity contribution in [3.8, 4) is 0 Å². The molecule has 0 saturated carbocycles. The highest BCUT2D eigenvalue weighted by atomic mass is 19.4. The number of carboxylic acid groups (broad SMARTS) is 1. The van der Waals surface area contributed by atoms with Crippen molar-refractivity contribution in [1.29, 1.82) is 0 Å². The Hall–Kier alpha value is -1.56. The predicted molar refractivity (Wildman–Crippen MR) is 58.1 cm³/mol. The molecule has 1 rings (SSSR count). The van der Waals surface area contributed by atoms with Gasteiger partial charge >= 0.3 is 12.1 Å². The smallest absolute Gasteiger partial charge is 0.416 e. The summed E-state index contributed by atoms with van der Waals surface area (Å²) in [4.78, 5) is 11.0. The monoisotopic (exact) mass is 262 g/mol. The van der Waals surface area contributed by atoms with Crippen molar-refractivity contribution in [3.63, 3.8) is 0 Å². The van der Waals surface area contributed by atoms with E-state index in [2.05, 4.69) is 0 Å². The summed E-state index contributed by atoms with van der Waals surface area (Å²) < 4.78 is 42.5. The van der Waals surface area contributed by atoms with Crippen molar-refractivity contribution >= 4 is 5.97 Å². The van der Waals surface area contributed by atoms with Crippen LogP contribution in [0.2, 0.25) is 0 Å². The zero-order chi connectivity index (χ0) is 13.8. The molecule has 1 aromatic carbocycles. The molecule has 1 aromatic rings. The van der Waals surface area contributed by atoms with Crippen LogP contribution in [0.3, 0.4) is 0 Å². The minimum atomic E-state index is -4.50. The summed E-state index contributed by atoms with van der Waals surface area (Å²) in [5.74, 6) is -1.30. The SMILES string of the molecule is CCCOC(C(=O)O)c1cccc(C(F)(F)F)c1. The number of benzene rings is 1. The second kappa shape index (κ2) is 5.86. The standard InChI is InChI=1S/C12H13F3O3/c1-2-6-18-10(11(16)17)8-4-3-5-9(7-8)12(13,14)15/h3-5,7,10H,2,6H2,1H3,(H,16,17). The first-order valence-electron chi connectivity index (χ1n) is 5.37. The van der Waals surface area contributed by atoms with Crippen LogP contribution < -0.4 is 0 Å². The Morgan fingerprint density at radius 1 is 1.44 bits per heavy atom. The van der Waals surface area contributed by atoms with Gasteiger partial charge in [0.2, 0.25) is 0 Å². The number of carboxylic acids is 1. The Labute approximate surface area is 102 Å². The van der Waals surface area contributed by atoms with Gasteiger partial charge in [-0.25, -0.2) is 4.79 Å². The minimum Gasteiger partial charge on any atom is -0.479 e. The molecule has 0 aliphatic rings. The maximum atomic E-state index is 12.5. The predicted octanol–water partition coefficient (Wildman–Crippen LogP) is 3.26. The van der Waals surface area contributed by atoms with E-state index in [9.17, 15) is 18.0 Å². The van der Waals surface area contributed by atoms with E-state index in [1.165, 1.54) is 12.1 Å². The zero-order valence-electron chi connectivity index (χ0n) is 9.70. The summed E-state index contributed by atoms with van der Waals surface area (Å²) in [5.41, 5.74) is -0.892. The maximum absolute atomic E-state index is 12.5. The fraction of sp³-hybridized carbons (Fsp3) is 0.417. The average Bonchev–Trinajstić information content (AvgIpc) is 2.28. The Morgan fingerprint density at radius 2 is 2.11 bits per heavy atom. The molecule has 1 N–H and O–H groups in total. The second-order valence-corrected chi connectivity index (χ2v) is 3.71. The molecule has 0 aromatic heterocycles. The molecule has 0 heterocycles. The van der Waals surface area contributed by atoms with E-state index in [4.69, 9.17) is 9.84 Å². The second-order valence-electron chi connectivity index (χ2n) is 3.71. The molecule has 100 valence electrons. The first-order valence-corrected chi connectivity index (χ1v) is 5.37. The highest BCUT2D eigenvalue weighted by Crippen LogP contribution is 2.31. The Morgan fingerprint density at radius 3 is 2.61 bits per heavy atom. The van der Waals surface area contributed by atoms with E-state index in [1.807, 2.05) is 0 Å². The van der Waals surface area contributed by atoms with Crippen LogP contribution in [0.15, 0.2) is 24.3 Å². The van der Waals surface area contributed by atoms with Crippen molar-refractivity contribution in [1.82, 2.24) is 0 Å². The number of hydrogen-bond donors (Lipinski definition) is 1. The van der Waals surface area contributed by atoms with Crippen LogP contribution in [0, 0.1) is 0 Å². The van der Waals surface area contributed by atoms with Crippen molar-refractivity contribution < 1.29 is 27.8 Å². The lowest BCUT2D eigenvalue weighted by atomic mass is 10.1. The molecule has 0 fully saturated rings. The van der Waals surface area contributed by atoms with E-state index in [0.717, 1.165) is 12.1 Å². The van der Waals surface area contributed by atoms with Gasteiger partial charge in [0.15, 0.2) is 6.10 Å². The Kier molecular flexibility index (Phi) is 4.72. The Bertz CT molecular complexity index is 415. The number of alkyl halides is 3. The topological polar surface area (TPSA) is 46.5 Å². The summed E-state index contributed by atoms with van der Waals surface area (Å²) in [5, 5.41) is 8.94. The fourth-order valence-corrected chi connectivity index (χ4v) is 1.42. The van der Waals surface area contributed by atoms with Crippen molar-refractivity contribution in [2.45, 2.75) is 25.6 Å². The van der Waals surface area contributed by atoms with Crippen LogP contribution >= 0.6 is 0 Å². The zero-order valence-corrected chi connectivity index (χ0v) is 9.70. The number of aliphatic carboxylic acids is 1. The minimum absolute atomic E-state index is 0.00854. The summed E-state index contributed by atoms with van der Waals surface area (Å²) in [6.07, 6.45) is -5.28. The summed E-state index contributed by atoms with van der Waals surface area (Å²) in [6, 6.07) is 4.17. The van der Waals surface area contributed by atoms with Crippen LogP contribution in [0.25, 0.3) is 0 Å². The highest BCUT2D eigenvalue weighted by Gasteiger charge is 2.32. The number of rotatable bonds is 5. The van der Waals surface area contributed by atoms with Gasteiger partial charge in [0.25, 0.3) is 0 Å². The van der Waals surface area contributed by atoms with E-state index in [0.29, 0.717) is 6.42 Å². The molecular weight excluding hydrogens is 249 g/mol. The van der Waals surface area contributed by atoms with Gasteiger partial charge in [-0.3, -0.25) is 0 Å². The average molecular weight is 262 g/mol. The third kappa shape index (κ3) is 3.73. The third-order valence-corrected chi connectivity index (χ3v) is 2.23. The lowest BCUT2D eigenvalue weighted by Crippen LogP contribution is -2.17. The quantitative estimate of drug-likeness (QED) is 0.885. The first kappa shape index (κ1) is 14.5. The van der Waals surface area contributed by atoms with Gasteiger partial charge in [-0.05, 0) is 24.1 Å². The van der Waals surface area contributed by atoms with Gasteiger partial charge in [-0.15, -0.1) is 0 Å². The summed E-state index contributed by atoms with van der Waals surface area (Å²) in [7, 11) is 0. The van der Waals surface area contributed by atoms with Crippen LogP contribution in [0.5, 0.6) is 0 Å². The van der Waals surface area contributed by atoms with Crippen LogP contribution in [-0.4, -0.2) is 17.7 Å². The van der Waals surface area contributed by atoms with Gasteiger partial charge in [0, 0.05) is 6.61 Å². The molecule has 1 unspecified atom stereocenters. The fourth-order valence-electron chi connectivity index (χ4n) is 1.42. The lowest BCUT2D eigenvalue weighted by Gasteiger charge is -2.15. The molecule has 0 saturated heterocycles. The molecule has 1 atom stereocenters. The summed E-state index contributed by atoms with van der Waals surface area (Å²) >= 11 is 0. The first-order chi connectivity index (χ1) is 8.36. The highest BCUT2D eigenvalue weighted by molar-refractivity contribution is 5.74. The number of halogens is 3. The van der Waals surface area contributed by atoms with E-state index in [1.54, 1.807) is 6.92 Å². The third-order valence-electron chi connectivity index (χ3n) is 2.23. The summed E-state index contributed by atoms with van der Waals surface area (Å²) in [6.45, 7) is 1.96. The van der Waals surface area contributed by atoms with Crippen LogP contribution in [-0.2, 0) is 15.7 Å². The van der Waals surface area contributed by atoms with E-state index >= 15 is 0 Å². The van der Waals surface area contributed by atoms with E-state index < -0.39 is 23.8 Å². The van der Waals surface area contributed by atoms with Gasteiger partial charge in [0.05, 0.1) is 5.56 Å². The largest absolute Gasteiger partial charge is 0.479 e. The van der Waals surface area contributed by atoms with Gasteiger partial charge in [-0.1, -0.05) is 19.1 Å². The normalized spacial score (nSPS) is 13.3. The van der Waals surface area contributed by atoms with Crippen LogP contribution in [0.4, 0.5) is 13.2 Å². The molecule has 0 spiro atoms. The van der Waals surface area contributed by atoms with Crippen LogP contribution in [0.1, 0.15) is 30.6 Å². The number of carbonyl (C=O) groups is 1. The molecule has 0 radical (unpaired) electrons. The lowest BCUT2D eigenvalue weighted by molar-refractivity contribution is -0.151. The van der Waals surface area contributed by atoms with E-state index in [-0.39, 0.29) is 12.2 Å².